The van der Waals surface area contributed by atoms with Gasteiger partial charge in [0, 0.05) is 0 Å². The van der Waals surface area contributed by atoms with Crippen molar-refractivity contribution in [2.75, 3.05) is 13.7 Å². The first-order valence-electron chi connectivity index (χ1n) is 9.37. The third-order valence-corrected chi connectivity index (χ3v) is 4.81. The largest absolute Gasteiger partial charge is 0.493 e. The van der Waals surface area contributed by atoms with Crippen molar-refractivity contribution in [3.8, 4) is 11.5 Å². The zero-order valence-electron chi connectivity index (χ0n) is 16.0. The predicted octanol–water partition coefficient (Wildman–Crippen LogP) is 4.38. The van der Waals surface area contributed by atoms with Crippen LogP contribution in [0.15, 0.2) is 55.1 Å². The molecule has 1 N–H and O–H groups in total. The van der Waals surface area contributed by atoms with E-state index in [9.17, 15) is 4.79 Å². The lowest BCUT2D eigenvalue weighted by molar-refractivity contribution is -0.124. The summed E-state index contributed by atoms with van der Waals surface area (Å²) in [6.07, 6.45) is 4.90. The smallest absolute Gasteiger partial charge is 0.258 e. The minimum absolute atomic E-state index is 0.0355. The van der Waals surface area contributed by atoms with Gasteiger partial charge in [0.2, 0.25) is 0 Å². The Kier molecular flexibility index (Phi) is 6.17. The quantitative estimate of drug-likeness (QED) is 0.671. The number of amides is 1. The highest BCUT2D eigenvalue weighted by Gasteiger charge is 2.33. The van der Waals surface area contributed by atoms with E-state index in [1.807, 2.05) is 24.3 Å². The average molecular weight is 365 g/mol. The molecule has 27 heavy (non-hydrogen) atoms. The van der Waals surface area contributed by atoms with Crippen LogP contribution in [0, 0.1) is 12.8 Å². The van der Waals surface area contributed by atoms with Crippen LogP contribution in [0.3, 0.4) is 0 Å². The van der Waals surface area contributed by atoms with Crippen molar-refractivity contribution in [1.82, 2.24) is 5.32 Å². The summed E-state index contributed by atoms with van der Waals surface area (Å²) >= 11 is 0. The molecule has 0 heterocycles. The molecule has 1 saturated carbocycles. The van der Waals surface area contributed by atoms with Crippen molar-refractivity contribution in [2.45, 2.75) is 32.2 Å². The van der Waals surface area contributed by atoms with Gasteiger partial charge >= 0.3 is 0 Å². The Balaban J connectivity index is 1.61. The second-order valence-electron chi connectivity index (χ2n) is 7.06. The van der Waals surface area contributed by atoms with Crippen LogP contribution in [-0.2, 0) is 11.2 Å². The Hall–Kier alpha value is -2.75. The summed E-state index contributed by atoms with van der Waals surface area (Å²) in [6, 6.07) is 14.1. The second kappa shape index (κ2) is 8.76. The highest BCUT2D eigenvalue weighted by Crippen LogP contribution is 2.41. The molecule has 1 fully saturated rings. The zero-order chi connectivity index (χ0) is 19.2. The Morgan fingerprint density at radius 3 is 2.59 bits per heavy atom. The van der Waals surface area contributed by atoms with E-state index in [1.165, 1.54) is 5.56 Å². The van der Waals surface area contributed by atoms with E-state index in [-0.39, 0.29) is 18.6 Å². The summed E-state index contributed by atoms with van der Waals surface area (Å²) in [5, 5.41) is 3.14. The highest BCUT2D eigenvalue weighted by molar-refractivity contribution is 5.78. The Labute approximate surface area is 161 Å². The monoisotopic (exact) mass is 365 g/mol. The standard InChI is InChI=1S/C23H27NO3/c1-4-5-17-8-13-20(21(14-17)26-3)27-15-22(25)24-23(19-11-12-19)18-9-6-16(2)7-10-18/h4,6-10,13-14,19,23H,1,5,11-12,15H2,2-3H3,(H,24,25). The Bertz CT molecular complexity index is 794. The molecule has 0 radical (unpaired) electrons. The van der Waals surface area contributed by atoms with E-state index < -0.39 is 0 Å². The summed E-state index contributed by atoms with van der Waals surface area (Å²) in [5.41, 5.74) is 3.46. The van der Waals surface area contributed by atoms with Gasteiger partial charge in [-0.15, -0.1) is 6.58 Å². The minimum atomic E-state index is -0.121. The first-order valence-corrected chi connectivity index (χ1v) is 9.37. The normalized spacial score (nSPS) is 14.3. The van der Waals surface area contributed by atoms with Crippen molar-refractivity contribution >= 4 is 5.91 Å². The number of aryl methyl sites for hydroxylation is 1. The topological polar surface area (TPSA) is 47.6 Å². The van der Waals surface area contributed by atoms with E-state index in [0.29, 0.717) is 17.4 Å². The number of allylic oxidation sites excluding steroid dienone is 1. The fraction of sp³-hybridized carbons (Fsp3) is 0.348. The fourth-order valence-corrected chi connectivity index (χ4v) is 3.16. The molecule has 0 saturated heterocycles. The summed E-state index contributed by atoms with van der Waals surface area (Å²) in [6.45, 7) is 5.78. The van der Waals surface area contributed by atoms with E-state index in [2.05, 4.69) is 43.1 Å². The second-order valence-corrected chi connectivity index (χ2v) is 7.06. The van der Waals surface area contributed by atoms with Gasteiger partial charge in [-0.2, -0.15) is 0 Å². The van der Waals surface area contributed by atoms with Gasteiger partial charge in [-0.3, -0.25) is 4.79 Å². The van der Waals surface area contributed by atoms with Gasteiger partial charge < -0.3 is 14.8 Å². The molecule has 2 aromatic rings. The number of carbonyl (C=O) groups is 1. The third kappa shape index (κ3) is 5.13. The lowest BCUT2D eigenvalue weighted by Crippen LogP contribution is -2.33. The SMILES string of the molecule is C=CCc1ccc(OCC(=O)NC(c2ccc(C)cc2)C2CC2)c(OC)c1. The molecular weight excluding hydrogens is 338 g/mol. The molecule has 0 bridgehead atoms. The summed E-state index contributed by atoms with van der Waals surface area (Å²) in [7, 11) is 1.60. The van der Waals surface area contributed by atoms with Crippen molar-refractivity contribution in [2.24, 2.45) is 5.92 Å². The van der Waals surface area contributed by atoms with Crippen LogP contribution in [0.1, 0.15) is 35.6 Å². The van der Waals surface area contributed by atoms with E-state index in [0.717, 1.165) is 30.4 Å². The molecule has 3 rings (SSSR count). The number of ether oxygens (including phenoxy) is 2. The summed E-state index contributed by atoms with van der Waals surface area (Å²) in [4.78, 5) is 12.5. The third-order valence-electron chi connectivity index (χ3n) is 4.81. The molecule has 1 amide bonds. The summed E-state index contributed by atoms with van der Waals surface area (Å²) in [5.74, 6) is 1.59. The van der Waals surface area contributed by atoms with Crippen LogP contribution >= 0.6 is 0 Å². The zero-order valence-corrected chi connectivity index (χ0v) is 16.0. The molecule has 2 aromatic carbocycles. The molecule has 0 aliphatic heterocycles. The predicted molar refractivity (Wildman–Crippen MR) is 107 cm³/mol. The molecule has 1 aliphatic carbocycles. The minimum Gasteiger partial charge on any atom is -0.493 e. The highest BCUT2D eigenvalue weighted by atomic mass is 16.5. The summed E-state index contributed by atoms with van der Waals surface area (Å²) < 4.78 is 11.1. The number of methoxy groups -OCH3 is 1. The molecule has 1 aliphatic rings. The number of carbonyl (C=O) groups excluding carboxylic acids is 1. The van der Waals surface area contributed by atoms with Gasteiger partial charge in [0.05, 0.1) is 13.2 Å². The molecule has 4 nitrogen and oxygen atoms in total. The van der Waals surface area contributed by atoms with E-state index >= 15 is 0 Å². The lowest BCUT2D eigenvalue weighted by Gasteiger charge is -2.19. The number of hydrogen-bond acceptors (Lipinski definition) is 3. The molecule has 0 spiro atoms. The van der Waals surface area contributed by atoms with Gasteiger partial charge in [0.25, 0.3) is 5.91 Å². The number of rotatable bonds is 9. The van der Waals surface area contributed by atoms with Crippen molar-refractivity contribution < 1.29 is 14.3 Å². The van der Waals surface area contributed by atoms with Gasteiger partial charge in [-0.05, 0) is 55.4 Å². The molecule has 0 aromatic heterocycles. The maximum absolute atomic E-state index is 12.5. The molecule has 4 heteroatoms. The maximum atomic E-state index is 12.5. The Morgan fingerprint density at radius 2 is 1.96 bits per heavy atom. The maximum Gasteiger partial charge on any atom is 0.258 e. The Morgan fingerprint density at radius 1 is 1.22 bits per heavy atom. The van der Waals surface area contributed by atoms with Crippen molar-refractivity contribution in [1.29, 1.82) is 0 Å². The average Bonchev–Trinajstić information content (AvgIpc) is 3.51. The molecule has 1 atom stereocenters. The first-order chi connectivity index (χ1) is 13.1. The van der Waals surface area contributed by atoms with Crippen molar-refractivity contribution in [3.05, 3.63) is 71.8 Å². The van der Waals surface area contributed by atoms with E-state index in [4.69, 9.17) is 9.47 Å². The molecule has 142 valence electrons. The van der Waals surface area contributed by atoms with Crippen LogP contribution in [0.25, 0.3) is 0 Å². The lowest BCUT2D eigenvalue weighted by atomic mass is 10.0. The van der Waals surface area contributed by atoms with E-state index in [1.54, 1.807) is 7.11 Å². The number of benzene rings is 2. The number of hydrogen-bond donors (Lipinski definition) is 1. The van der Waals surface area contributed by atoms with Gasteiger partial charge in [-0.25, -0.2) is 0 Å². The number of nitrogens with one attached hydrogen (secondary N) is 1. The van der Waals surface area contributed by atoms with Crippen LogP contribution in [-0.4, -0.2) is 19.6 Å². The molecule has 1 unspecified atom stereocenters. The van der Waals surface area contributed by atoms with Gasteiger partial charge in [0.15, 0.2) is 18.1 Å². The van der Waals surface area contributed by atoms with Crippen LogP contribution < -0.4 is 14.8 Å². The van der Waals surface area contributed by atoms with Crippen molar-refractivity contribution in [3.63, 3.8) is 0 Å². The van der Waals surface area contributed by atoms with Gasteiger partial charge in [0.1, 0.15) is 0 Å². The van der Waals surface area contributed by atoms with Crippen LogP contribution in [0.2, 0.25) is 0 Å². The van der Waals surface area contributed by atoms with Crippen LogP contribution in [0.4, 0.5) is 0 Å². The first kappa shape index (κ1) is 19.0. The fourth-order valence-electron chi connectivity index (χ4n) is 3.16. The van der Waals surface area contributed by atoms with Gasteiger partial charge in [-0.1, -0.05) is 42.0 Å². The molecular formula is C23H27NO3. The van der Waals surface area contributed by atoms with Crippen LogP contribution in [0.5, 0.6) is 11.5 Å².